The average Bonchev–Trinajstić information content (AvgIpc) is 2.29. The molecule has 19 heavy (non-hydrogen) atoms. The first-order valence-corrected chi connectivity index (χ1v) is 6.94. The van der Waals surface area contributed by atoms with E-state index < -0.39 is 0 Å². The van der Waals surface area contributed by atoms with Crippen LogP contribution >= 0.6 is 0 Å². The molecule has 3 heteroatoms. The average molecular weight is 262 g/mol. The van der Waals surface area contributed by atoms with Gasteiger partial charge in [0.15, 0.2) is 0 Å². The summed E-state index contributed by atoms with van der Waals surface area (Å²) in [5, 5.41) is 0. The molecule has 0 unspecified atom stereocenters. The molecule has 0 aliphatic heterocycles. The molecule has 0 aromatic heterocycles. The largest absolute Gasteiger partial charge is 0.399 e. The highest BCUT2D eigenvalue weighted by molar-refractivity contribution is 5.76. The maximum absolute atomic E-state index is 12.3. The van der Waals surface area contributed by atoms with E-state index in [1.165, 1.54) is 0 Å². The van der Waals surface area contributed by atoms with Gasteiger partial charge in [-0.3, -0.25) is 4.79 Å². The predicted molar refractivity (Wildman–Crippen MR) is 80.6 cm³/mol. The molecule has 106 valence electrons. The number of hydrogen-bond donors (Lipinski definition) is 1. The summed E-state index contributed by atoms with van der Waals surface area (Å²) in [4.78, 5) is 14.3. The minimum Gasteiger partial charge on any atom is -0.399 e. The minimum absolute atomic E-state index is 0.0319. The van der Waals surface area contributed by atoms with E-state index in [9.17, 15) is 4.79 Å². The van der Waals surface area contributed by atoms with Crippen molar-refractivity contribution >= 4 is 11.6 Å². The van der Waals surface area contributed by atoms with Crippen LogP contribution in [0.4, 0.5) is 5.69 Å². The topological polar surface area (TPSA) is 46.3 Å². The fourth-order valence-corrected chi connectivity index (χ4v) is 1.97. The highest BCUT2D eigenvalue weighted by Crippen LogP contribution is 2.21. The molecule has 0 saturated carbocycles. The first-order valence-electron chi connectivity index (χ1n) is 6.94. The van der Waals surface area contributed by atoms with E-state index in [1.54, 1.807) is 0 Å². The summed E-state index contributed by atoms with van der Waals surface area (Å²) in [5.41, 5.74) is 7.60. The lowest BCUT2D eigenvalue weighted by atomic mass is 9.91. The number of anilines is 1. The highest BCUT2D eigenvalue weighted by atomic mass is 16.2. The quantitative estimate of drug-likeness (QED) is 0.826. The van der Waals surface area contributed by atoms with Crippen molar-refractivity contribution in [2.24, 2.45) is 5.41 Å². The zero-order chi connectivity index (χ0) is 14.5. The molecule has 0 aliphatic carbocycles. The Balaban J connectivity index is 2.72. The van der Waals surface area contributed by atoms with Crippen molar-refractivity contribution in [3.05, 3.63) is 29.8 Å². The molecule has 0 fully saturated rings. The zero-order valence-electron chi connectivity index (χ0n) is 12.6. The smallest absolute Gasteiger partial charge is 0.223 e. The molecule has 0 bridgehead atoms. The van der Waals surface area contributed by atoms with E-state index in [2.05, 4.69) is 27.7 Å². The van der Waals surface area contributed by atoms with Crippen LogP contribution in [-0.4, -0.2) is 17.4 Å². The summed E-state index contributed by atoms with van der Waals surface area (Å²) in [6, 6.07) is 7.74. The zero-order valence-corrected chi connectivity index (χ0v) is 12.6. The molecule has 1 aromatic rings. The van der Waals surface area contributed by atoms with Gasteiger partial charge in [-0.15, -0.1) is 0 Å². The van der Waals surface area contributed by atoms with Gasteiger partial charge in [0.2, 0.25) is 5.91 Å². The number of benzene rings is 1. The Morgan fingerprint density at radius 1 is 1.21 bits per heavy atom. The molecule has 0 spiro atoms. The second-order valence-electron chi connectivity index (χ2n) is 6.29. The lowest BCUT2D eigenvalue weighted by molar-refractivity contribution is -0.133. The van der Waals surface area contributed by atoms with Crippen molar-refractivity contribution in [2.75, 3.05) is 12.3 Å². The van der Waals surface area contributed by atoms with Crippen molar-refractivity contribution in [2.45, 2.75) is 47.1 Å². The van der Waals surface area contributed by atoms with Crippen LogP contribution in [0.5, 0.6) is 0 Å². The van der Waals surface area contributed by atoms with Gasteiger partial charge in [-0.05, 0) is 29.5 Å². The second-order valence-corrected chi connectivity index (χ2v) is 6.29. The van der Waals surface area contributed by atoms with Crippen LogP contribution in [0.15, 0.2) is 24.3 Å². The summed E-state index contributed by atoms with van der Waals surface area (Å²) < 4.78 is 0. The van der Waals surface area contributed by atoms with Crippen LogP contribution in [0.1, 0.15) is 46.1 Å². The third-order valence-electron chi connectivity index (χ3n) is 2.88. The maximum Gasteiger partial charge on any atom is 0.223 e. The number of rotatable bonds is 5. The van der Waals surface area contributed by atoms with E-state index >= 15 is 0 Å². The van der Waals surface area contributed by atoms with Crippen molar-refractivity contribution in [1.82, 2.24) is 4.90 Å². The number of nitrogens with two attached hydrogens (primary N) is 1. The molecule has 0 heterocycles. The van der Waals surface area contributed by atoms with Gasteiger partial charge >= 0.3 is 0 Å². The monoisotopic (exact) mass is 262 g/mol. The van der Waals surface area contributed by atoms with E-state index in [1.807, 2.05) is 29.2 Å². The summed E-state index contributed by atoms with van der Waals surface area (Å²) in [5.74, 6) is 0.228. The molecule has 0 radical (unpaired) electrons. The van der Waals surface area contributed by atoms with Crippen molar-refractivity contribution in [1.29, 1.82) is 0 Å². The van der Waals surface area contributed by atoms with Gasteiger partial charge < -0.3 is 10.6 Å². The summed E-state index contributed by atoms with van der Waals surface area (Å²) >= 11 is 0. The van der Waals surface area contributed by atoms with Crippen LogP contribution < -0.4 is 5.73 Å². The SMILES string of the molecule is CCCN(Cc1ccc(N)cc1)C(=O)CC(C)(C)C. The number of amides is 1. The van der Waals surface area contributed by atoms with E-state index in [-0.39, 0.29) is 11.3 Å². The lowest BCUT2D eigenvalue weighted by Crippen LogP contribution is -2.33. The highest BCUT2D eigenvalue weighted by Gasteiger charge is 2.20. The fourth-order valence-electron chi connectivity index (χ4n) is 1.97. The Morgan fingerprint density at radius 3 is 2.26 bits per heavy atom. The fraction of sp³-hybridized carbons (Fsp3) is 0.562. The van der Waals surface area contributed by atoms with Crippen LogP contribution in [0.25, 0.3) is 0 Å². The van der Waals surface area contributed by atoms with E-state index in [0.29, 0.717) is 13.0 Å². The summed E-state index contributed by atoms with van der Waals surface area (Å²) in [6.45, 7) is 9.86. The van der Waals surface area contributed by atoms with Crippen molar-refractivity contribution in [3.8, 4) is 0 Å². The minimum atomic E-state index is 0.0319. The standard InChI is InChI=1S/C16H26N2O/c1-5-10-18(15(19)11-16(2,3)4)12-13-6-8-14(17)9-7-13/h6-9H,5,10-12,17H2,1-4H3. The molecule has 0 atom stereocenters. The summed E-state index contributed by atoms with van der Waals surface area (Å²) in [6.07, 6.45) is 1.56. The molecule has 1 aromatic carbocycles. The molecule has 1 amide bonds. The van der Waals surface area contributed by atoms with Gasteiger partial charge in [0.25, 0.3) is 0 Å². The van der Waals surface area contributed by atoms with E-state index in [4.69, 9.17) is 5.73 Å². The Morgan fingerprint density at radius 2 is 1.79 bits per heavy atom. The van der Waals surface area contributed by atoms with Gasteiger partial charge in [0.05, 0.1) is 0 Å². The van der Waals surface area contributed by atoms with Gasteiger partial charge in [-0.25, -0.2) is 0 Å². The van der Waals surface area contributed by atoms with Gasteiger partial charge in [-0.2, -0.15) is 0 Å². The normalized spacial score (nSPS) is 11.4. The Hall–Kier alpha value is -1.51. The van der Waals surface area contributed by atoms with Crippen LogP contribution in [-0.2, 0) is 11.3 Å². The molecular weight excluding hydrogens is 236 g/mol. The Kier molecular flexibility index (Phi) is 5.40. The number of hydrogen-bond acceptors (Lipinski definition) is 2. The van der Waals surface area contributed by atoms with Crippen molar-refractivity contribution in [3.63, 3.8) is 0 Å². The number of nitrogens with zero attached hydrogens (tertiary/aromatic N) is 1. The molecule has 1 rings (SSSR count). The Bertz CT molecular complexity index is 404. The predicted octanol–water partition coefficient (Wildman–Crippen LogP) is 3.44. The molecule has 3 nitrogen and oxygen atoms in total. The number of carbonyl (C=O) groups is 1. The summed E-state index contributed by atoms with van der Waals surface area (Å²) in [7, 11) is 0. The van der Waals surface area contributed by atoms with E-state index in [0.717, 1.165) is 24.2 Å². The van der Waals surface area contributed by atoms with Crippen molar-refractivity contribution < 1.29 is 4.79 Å². The van der Waals surface area contributed by atoms with Gasteiger partial charge in [0, 0.05) is 25.2 Å². The first-order chi connectivity index (χ1) is 8.81. The van der Waals surface area contributed by atoms with Crippen LogP contribution in [0.3, 0.4) is 0 Å². The third-order valence-corrected chi connectivity index (χ3v) is 2.88. The maximum atomic E-state index is 12.3. The Labute approximate surface area is 116 Å². The molecular formula is C16H26N2O. The first kappa shape index (κ1) is 15.5. The third kappa shape index (κ3) is 5.77. The van der Waals surface area contributed by atoms with Gasteiger partial charge in [-0.1, -0.05) is 39.8 Å². The van der Waals surface area contributed by atoms with Crippen LogP contribution in [0.2, 0.25) is 0 Å². The number of carbonyl (C=O) groups excluding carboxylic acids is 1. The number of nitrogen functional groups attached to an aromatic ring is 1. The second kappa shape index (κ2) is 6.60. The molecule has 0 saturated heterocycles. The lowest BCUT2D eigenvalue weighted by Gasteiger charge is -2.26. The van der Waals surface area contributed by atoms with Gasteiger partial charge in [0.1, 0.15) is 0 Å². The van der Waals surface area contributed by atoms with Crippen LogP contribution in [0, 0.1) is 5.41 Å². The molecule has 0 aliphatic rings. The molecule has 2 N–H and O–H groups in total.